The van der Waals surface area contributed by atoms with Crippen LogP contribution in [0.3, 0.4) is 0 Å². The van der Waals surface area contributed by atoms with Gasteiger partial charge in [0.2, 0.25) is 0 Å². The number of halogens is 1. The summed E-state index contributed by atoms with van der Waals surface area (Å²) in [5, 5.41) is 0. The third-order valence-corrected chi connectivity index (χ3v) is 3.53. The van der Waals surface area contributed by atoms with Gasteiger partial charge in [-0.3, -0.25) is 4.99 Å². The Morgan fingerprint density at radius 1 is 1.19 bits per heavy atom. The maximum absolute atomic E-state index is 5.81. The predicted molar refractivity (Wildman–Crippen MR) is 93.0 cm³/mol. The maximum atomic E-state index is 5.81. The molecule has 0 aromatic heterocycles. The molecule has 0 spiro atoms. The van der Waals surface area contributed by atoms with Crippen LogP contribution in [0.2, 0.25) is 0 Å². The molecule has 0 heterocycles. The molecule has 0 bridgehead atoms. The van der Waals surface area contributed by atoms with Crippen LogP contribution in [0.4, 0.5) is 5.69 Å². The molecule has 0 saturated carbocycles. The second kappa shape index (κ2) is 7.23. The Morgan fingerprint density at radius 2 is 1.90 bits per heavy atom. The molecular formula is C17H20ClN3. The molecule has 0 N–H and O–H groups in total. The van der Waals surface area contributed by atoms with E-state index < -0.39 is 0 Å². The lowest BCUT2D eigenvalue weighted by atomic mass is 9.96. The van der Waals surface area contributed by atoms with E-state index in [9.17, 15) is 0 Å². The van der Waals surface area contributed by atoms with Gasteiger partial charge in [-0.2, -0.15) is 4.51 Å². The minimum absolute atomic E-state index is 0.800. The number of aliphatic imine (C=N–C) groups is 1. The fourth-order valence-corrected chi connectivity index (χ4v) is 2.41. The second-order valence-electron chi connectivity index (χ2n) is 5.04. The van der Waals surface area contributed by atoms with Crippen LogP contribution in [0.1, 0.15) is 18.9 Å². The van der Waals surface area contributed by atoms with Gasteiger partial charge in [-0.05, 0) is 30.7 Å². The number of hydrogen-bond donors (Lipinski definition) is 0. The Hall–Kier alpha value is -1.87. The molecular weight excluding hydrogens is 282 g/mol. The van der Waals surface area contributed by atoms with E-state index in [0.717, 1.165) is 41.2 Å². The van der Waals surface area contributed by atoms with Gasteiger partial charge < -0.3 is 4.90 Å². The third-order valence-electron chi connectivity index (χ3n) is 3.36. The number of nitrogens with zero attached hydrogens (tertiary/aromatic N) is 3. The summed E-state index contributed by atoms with van der Waals surface area (Å²) in [4.78, 5) is 6.48. The zero-order valence-corrected chi connectivity index (χ0v) is 13.4. The topological polar surface area (TPSA) is 28.0 Å². The van der Waals surface area contributed by atoms with E-state index in [1.165, 1.54) is 0 Å². The Balaban J connectivity index is 2.22. The van der Waals surface area contributed by atoms with Gasteiger partial charge in [0.1, 0.15) is 0 Å². The van der Waals surface area contributed by atoms with Crippen molar-refractivity contribution in [3.8, 4) is 0 Å². The van der Waals surface area contributed by atoms with Crippen LogP contribution in [0.15, 0.2) is 57.6 Å². The van der Waals surface area contributed by atoms with E-state index in [4.69, 9.17) is 11.8 Å². The normalized spacial score (nSPS) is 17.0. The van der Waals surface area contributed by atoms with Gasteiger partial charge in [0, 0.05) is 55.8 Å². The first kappa shape index (κ1) is 15.5. The quantitative estimate of drug-likeness (QED) is 0.771. The largest absolute Gasteiger partial charge is 0.378 e. The first-order valence-electron chi connectivity index (χ1n) is 7.04. The standard InChI is InChI=1S/C17H20ClN3/c1-4-19-15-9-5-13(6-10-15)17(20-18)14-7-11-16(12-8-14)21(2)3/h5-9,11-12H,4,10H2,1-3H3. The van der Waals surface area contributed by atoms with E-state index in [0.29, 0.717) is 0 Å². The van der Waals surface area contributed by atoms with Crippen LogP contribution in [-0.4, -0.2) is 32.1 Å². The SMILES string of the molecule is CCN=C1C=CC(C(=NCl)c2ccc(N(C)C)cc2)=CC1. The van der Waals surface area contributed by atoms with E-state index in [1.54, 1.807) is 0 Å². The van der Waals surface area contributed by atoms with E-state index in [1.807, 2.05) is 45.3 Å². The molecule has 1 aliphatic rings. The lowest BCUT2D eigenvalue weighted by Gasteiger charge is -2.14. The van der Waals surface area contributed by atoms with Crippen LogP contribution in [0.25, 0.3) is 0 Å². The molecule has 21 heavy (non-hydrogen) atoms. The van der Waals surface area contributed by atoms with Crippen molar-refractivity contribution in [2.75, 3.05) is 25.5 Å². The van der Waals surface area contributed by atoms with E-state index in [-0.39, 0.29) is 0 Å². The molecule has 1 aromatic rings. The Morgan fingerprint density at radius 3 is 2.38 bits per heavy atom. The molecule has 1 aliphatic carbocycles. The van der Waals surface area contributed by atoms with Gasteiger partial charge in [-0.25, -0.2) is 0 Å². The summed E-state index contributed by atoms with van der Waals surface area (Å²) < 4.78 is 3.94. The average Bonchev–Trinajstić information content (AvgIpc) is 2.50. The summed E-state index contributed by atoms with van der Waals surface area (Å²) in [6, 6.07) is 8.21. The van der Waals surface area contributed by atoms with Crippen molar-refractivity contribution < 1.29 is 0 Å². The Kier molecular flexibility index (Phi) is 5.34. The monoisotopic (exact) mass is 301 g/mol. The second-order valence-corrected chi connectivity index (χ2v) is 5.21. The molecule has 0 radical (unpaired) electrons. The summed E-state index contributed by atoms with van der Waals surface area (Å²) in [7, 11) is 4.04. The zero-order valence-electron chi connectivity index (χ0n) is 12.7. The molecule has 4 heteroatoms. The Labute approximate surface area is 131 Å². The summed E-state index contributed by atoms with van der Waals surface area (Å²) in [6.45, 7) is 2.85. The van der Waals surface area contributed by atoms with Crippen molar-refractivity contribution in [2.45, 2.75) is 13.3 Å². The van der Waals surface area contributed by atoms with E-state index in [2.05, 4.69) is 32.6 Å². The summed E-state index contributed by atoms with van der Waals surface area (Å²) in [6.07, 6.45) is 7.01. The lowest BCUT2D eigenvalue weighted by Crippen LogP contribution is -2.10. The highest BCUT2D eigenvalue weighted by Gasteiger charge is 2.11. The molecule has 0 unspecified atom stereocenters. The first-order valence-corrected chi connectivity index (χ1v) is 7.38. The van der Waals surface area contributed by atoms with E-state index >= 15 is 0 Å². The number of anilines is 1. The summed E-state index contributed by atoms with van der Waals surface area (Å²) in [5.41, 5.74) is 5.10. The maximum Gasteiger partial charge on any atom is 0.0918 e. The minimum atomic E-state index is 0.800. The molecule has 0 fully saturated rings. The highest BCUT2D eigenvalue weighted by molar-refractivity contribution is 6.28. The first-order chi connectivity index (χ1) is 10.2. The molecule has 0 amide bonds. The molecule has 0 aliphatic heterocycles. The molecule has 3 nitrogen and oxygen atoms in total. The smallest absolute Gasteiger partial charge is 0.0918 e. The van der Waals surface area contributed by atoms with Crippen molar-refractivity contribution in [3.63, 3.8) is 0 Å². The van der Waals surface area contributed by atoms with Gasteiger partial charge in [-0.1, -0.05) is 24.3 Å². The fourth-order valence-electron chi connectivity index (χ4n) is 2.21. The van der Waals surface area contributed by atoms with Crippen LogP contribution >= 0.6 is 11.8 Å². The van der Waals surface area contributed by atoms with Gasteiger partial charge in [0.05, 0.1) is 5.71 Å². The number of rotatable bonds is 4. The highest BCUT2D eigenvalue weighted by atomic mass is 35.5. The molecule has 0 atom stereocenters. The van der Waals surface area contributed by atoms with Crippen molar-refractivity contribution in [3.05, 3.63) is 53.6 Å². The van der Waals surface area contributed by atoms with Crippen LogP contribution in [-0.2, 0) is 0 Å². The van der Waals surface area contributed by atoms with Crippen LogP contribution in [0, 0.1) is 0 Å². The number of hydrogen-bond acceptors (Lipinski definition) is 3. The van der Waals surface area contributed by atoms with Gasteiger partial charge in [-0.15, -0.1) is 0 Å². The highest BCUT2D eigenvalue weighted by Crippen LogP contribution is 2.19. The van der Waals surface area contributed by atoms with Crippen molar-refractivity contribution in [2.24, 2.45) is 9.50 Å². The number of benzene rings is 1. The van der Waals surface area contributed by atoms with Crippen molar-refractivity contribution in [1.29, 1.82) is 0 Å². The van der Waals surface area contributed by atoms with Crippen LogP contribution in [0.5, 0.6) is 0 Å². The molecule has 2 rings (SSSR count). The molecule has 1 aromatic carbocycles. The van der Waals surface area contributed by atoms with Gasteiger partial charge >= 0.3 is 0 Å². The van der Waals surface area contributed by atoms with Crippen molar-refractivity contribution in [1.82, 2.24) is 0 Å². The Bertz CT molecular complexity index is 607. The zero-order chi connectivity index (χ0) is 15.2. The third kappa shape index (κ3) is 3.82. The predicted octanol–water partition coefficient (Wildman–Crippen LogP) is 4.04. The van der Waals surface area contributed by atoms with Crippen LogP contribution < -0.4 is 4.90 Å². The average molecular weight is 302 g/mol. The summed E-state index contributed by atoms with van der Waals surface area (Å²) >= 11 is 5.81. The van der Waals surface area contributed by atoms with Gasteiger partial charge in [0.15, 0.2) is 0 Å². The van der Waals surface area contributed by atoms with Crippen molar-refractivity contribution >= 4 is 28.9 Å². The lowest BCUT2D eigenvalue weighted by molar-refractivity contribution is 1.12. The molecule has 0 saturated heterocycles. The summed E-state index contributed by atoms with van der Waals surface area (Å²) in [5.74, 6) is 0. The van der Waals surface area contributed by atoms with Gasteiger partial charge in [0.25, 0.3) is 0 Å². The fraction of sp³-hybridized carbons (Fsp3) is 0.294. The minimum Gasteiger partial charge on any atom is -0.378 e. The molecule has 110 valence electrons. The number of allylic oxidation sites excluding steroid dienone is 4.